The van der Waals surface area contributed by atoms with E-state index in [1.165, 1.54) is 12.1 Å². The van der Waals surface area contributed by atoms with Crippen molar-refractivity contribution in [2.75, 3.05) is 5.32 Å². The average molecular weight is 360 g/mol. The number of benzene rings is 2. The average Bonchev–Trinajstić information content (AvgIpc) is 3.40. The zero-order chi connectivity index (χ0) is 18.0. The minimum atomic E-state index is -0.481. The second-order valence-electron chi connectivity index (χ2n) is 6.12. The predicted octanol–water partition coefficient (Wildman–Crippen LogP) is 4.50. The summed E-state index contributed by atoms with van der Waals surface area (Å²) >= 11 is 6.09. The fraction of sp³-hybridized carbons (Fsp3) is 0.278. The second kappa shape index (κ2) is 7.11. The molecule has 3 rings (SSSR count). The number of nitrogens with zero attached hydrogens (tertiary/aromatic N) is 2. The molecule has 0 unspecified atom stereocenters. The standard InChI is InChI=1S/C18H18ClN3O3/c1-12(23)21(15-6-7-15)11-13-2-4-14(5-3-13)20-18-9-8-16(22(24)25)10-17(18)19/h2-5,8-10,15,20H,6-7,11H2,1H3. The topological polar surface area (TPSA) is 75.5 Å². The maximum atomic E-state index is 11.7. The first-order valence-corrected chi connectivity index (χ1v) is 8.39. The summed E-state index contributed by atoms with van der Waals surface area (Å²) in [5.41, 5.74) is 2.43. The number of nitro benzene ring substituents is 1. The molecule has 0 radical (unpaired) electrons. The van der Waals surface area contributed by atoms with Gasteiger partial charge in [-0.25, -0.2) is 0 Å². The van der Waals surface area contributed by atoms with Crippen molar-refractivity contribution >= 4 is 34.6 Å². The van der Waals surface area contributed by atoms with Crippen molar-refractivity contribution in [1.82, 2.24) is 4.90 Å². The molecule has 6 nitrogen and oxygen atoms in total. The van der Waals surface area contributed by atoms with Crippen LogP contribution in [0.3, 0.4) is 0 Å². The minimum absolute atomic E-state index is 0.0460. The molecule has 7 heteroatoms. The molecule has 0 bridgehead atoms. The molecule has 0 aromatic heterocycles. The molecule has 0 heterocycles. The Kier molecular flexibility index (Phi) is 4.90. The number of carbonyl (C=O) groups is 1. The van der Waals surface area contributed by atoms with Crippen molar-refractivity contribution in [2.45, 2.75) is 32.4 Å². The van der Waals surface area contributed by atoms with Gasteiger partial charge in [-0.3, -0.25) is 14.9 Å². The summed E-state index contributed by atoms with van der Waals surface area (Å²) in [7, 11) is 0. The molecule has 1 saturated carbocycles. The number of non-ortho nitro benzene ring substituents is 1. The lowest BCUT2D eigenvalue weighted by atomic mass is 10.2. The molecular weight excluding hydrogens is 342 g/mol. The van der Waals surface area contributed by atoms with E-state index in [-0.39, 0.29) is 16.6 Å². The van der Waals surface area contributed by atoms with E-state index >= 15 is 0 Å². The third-order valence-electron chi connectivity index (χ3n) is 4.14. The van der Waals surface area contributed by atoms with Gasteiger partial charge in [-0.2, -0.15) is 0 Å². The fourth-order valence-corrected chi connectivity index (χ4v) is 2.87. The Morgan fingerprint density at radius 2 is 1.96 bits per heavy atom. The Morgan fingerprint density at radius 3 is 2.48 bits per heavy atom. The molecule has 1 aliphatic carbocycles. The SMILES string of the molecule is CC(=O)N(Cc1ccc(Nc2ccc([N+](=O)[O-])cc2Cl)cc1)C1CC1. The Labute approximate surface area is 150 Å². The molecule has 2 aromatic carbocycles. The summed E-state index contributed by atoms with van der Waals surface area (Å²) in [6, 6.07) is 12.4. The van der Waals surface area contributed by atoms with Crippen LogP contribution in [-0.4, -0.2) is 21.8 Å². The molecule has 1 fully saturated rings. The van der Waals surface area contributed by atoms with E-state index in [0.717, 1.165) is 24.1 Å². The van der Waals surface area contributed by atoms with E-state index in [1.54, 1.807) is 13.0 Å². The van der Waals surface area contributed by atoms with Crippen molar-refractivity contribution in [3.63, 3.8) is 0 Å². The lowest BCUT2D eigenvalue weighted by molar-refractivity contribution is -0.384. The number of halogens is 1. The number of carbonyl (C=O) groups excluding carboxylic acids is 1. The van der Waals surface area contributed by atoms with E-state index in [2.05, 4.69) is 5.32 Å². The Balaban J connectivity index is 1.68. The zero-order valence-electron chi connectivity index (χ0n) is 13.7. The van der Waals surface area contributed by atoms with Crippen LogP contribution < -0.4 is 5.32 Å². The number of hydrogen-bond acceptors (Lipinski definition) is 4. The quantitative estimate of drug-likeness (QED) is 0.608. The van der Waals surface area contributed by atoms with Crippen molar-refractivity contribution in [1.29, 1.82) is 0 Å². The zero-order valence-corrected chi connectivity index (χ0v) is 14.5. The Bertz CT molecular complexity index is 804. The molecule has 130 valence electrons. The van der Waals surface area contributed by atoms with Gasteiger partial charge < -0.3 is 10.2 Å². The van der Waals surface area contributed by atoms with Gasteiger partial charge in [0.15, 0.2) is 0 Å². The number of rotatable bonds is 6. The highest BCUT2D eigenvalue weighted by Gasteiger charge is 2.30. The largest absolute Gasteiger partial charge is 0.354 e. The Morgan fingerprint density at radius 1 is 1.28 bits per heavy atom. The second-order valence-corrected chi connectivity index (χ2v) is 6.53. The lowest BCUT2D eigenvalue weighted by Gasteiger charge is -2.20. The molecule has 1 amide bonds. The number of anilines is 2. The third-order valence-corrected chi connectivity index (χ3v) is 4.45. The van der Waals surface area contributed by atoms with Crippen LogP contribution in [0.15, 0.2) is 42.5 Å². The molecule has 0 aliphatic heterocycles. The van der Waals surface area contributed by atoms with E-state index in [0.29, 0.717) is 18.3 Å². The van der Waals surface area contributed by atoms with Crippen LogP contribution in [0, 0.1) is 10.1 Å². The molecule has 0 saturated heterocycles. The van der Waals surface area contributed by atoms with Crippen LogP contribution >= 0.6 is 11.6 Å². The summed E-state index contributed by atoms with van der Waals surface area (Å²) in [5, 5.41) is 14.2. The van der Waals surface area contributed by atoms with Gasteiger partial charge in [0.2, 0.25) is 5.91 Å². The maximum absolute atomic E-state index is 11.7. The molecular formula is C18H18ClN3O3. The number of hydrogen-bond donors (Lipinski definition) is 1. The summed E-state index contributed by atoms with van der Waals surface area (Å²) < 4.78 is 0. The smallest absolute Gasteiger partial charge is 0.271 e. The highest BCUT2D eigenvalue weighted by Crippen LogP contribution is 2.30. The summed E-state index contributed by atoms with van der Waals surface area (Å²) in [6.07, 6.45) is 2.16. The van der Waals surface area contributed by atoms with Gasteiger partial charge in [0.25, 0.3) is 5.69 Å². The van der Waals surface area contributed by atoms with Gasteiger partial charge in [-0.05, 0) is 36.6 Å². The van der Waals surface area contributed by atoms with Crippen LogP contribution in [0.2, 0.25) is 5.02 Å². The van der Waals surface area contributed by atoms with Crippen LogP contribution in [0.1, 0.15) is 25.3 Å². The first-order chi connectivity index (χ1) is 11.9. The van der Waals surface area contributed by atoms with Gasteiger partial charge in [0.1, 0.15) is 0 Å². The van der Waals surface area contributed by atoms with Crippen molar-refractivity contribution < 1.29 is 9.72 Å². The van der Waals surface area contributed by atoms with Crippen molar-refractivity contribution in [3.05, 3.63) is 63.2 Å². The highest BCUT2D eigenvalue weighted by atomic mass is 35.5. The van der Waals surface area contributed by atoms with Crippen LogP contribution in [0.25, 0.3) is 0 Å². The molecule has 2 aromatic rings. The van der Waals surface area contributed by atoms with E-state index in [9.17, 15) is 14.9 Å². The summed E-state index contributed by atoms with van der Waals surface area (Å²) in [4.78, 5) is 23.9. The first-order valence-electron chi connectivity index (χ1n) is 8.01. The van der Waals surface area contributed by atoms with Gasteiger partial charge in [0.05, 0.1) is 15.6 Å². The molecule has 0 atom stereocenters. The minimum Gasteiger partial charge on any atom is -0.354 e. The predicted molar refractivity (Wildman–Crippen MR) is 97.1 cm³/mol. The van der Waals surface area contributed by atoms with E-state index < -0.39 is 4.92 Å². The van der Waals surface area contributed by atoms with Gasteiger partial charge in [-0.1, -0.05) is 23.7 Å². The fourth-order valence-electron chi connectivity index (χ4n) is 2.65. The highest BCUT2D eigenvalue weighted by molar-refractivity contribution is 6.33. The monoisotopic (exact) mass is 359 g/mol. The summed E-state index contributed by atoms with van der Waals surface area (Å²) in [5.74, 6) is 0.0994. The lowest BCUT2D eigenvalue weighted by Crippen LogP contribution is -2.30. The van der Waals surface area contributed by atoms with Gasteiger partial charge in [-0.15, -0.1) is 0 Å². The molecule has 0 spiro atoms. The van der Waals surface area contributed by atoms with Crippen molar-refractivity contribution in [3.8, 4) is 0 Å². The van der Waals surface area contributed by atoms with Crippen LogP contribution in [-0.2, 0) is 11.3 Å². The molecule has 25 heavy (non-hydrogen) atoms. The van der Waals surface area contributed by atoms with Gasteiger partial charge >= 0.3 is 0 Å². The summed E-state index contributed by atoms with van der Waals surface area (Å²) in [6.45, 7) is 2.21. The molecule has 1 aliphatic rings. The number of nitro groups is 1. The molecule has 1 N–H and O–H groups in total. The van der Waals surface area contributed by atoms with Crippen LogP contribution in [0.4, 0.5) is 17.1 Å². The first kappa shape index (κ1) is 17.2. The number of amides is 1. The van der Waals surface area contributed by atoms with E-state index in [1.807, 2.05) is 29.2 Å². The van der Waals surface area contributed by atoms with E-state index in [4.69, 9.17) is 11.6 Å². The van der Waals surface area contributed by atoms with Crippen LogP contribution in [0.5, 0.6) is 0 Å². The maximum Gasteiger partial charge on any atom is 0.271 e. The third kappa shape index (κ3) is 4.28. The number of nitrogens with one attached hydrogen (secondary N) is 1. The Hall–Kier alpha value is -2.60. The van der Waals surface area contributed by atoms with Gasteiger partial charge in [0, 0.05) is 37.3 Å². The van der Waals surface area contributed by atoms with Crippen molar-refractivity contribution in [2.24, 2.45) is 0 Å². The normalized spacial score (nSPS) is 13.4.